The van der Waals surface area contributed by atoms with Crippen molar-refractivity contribution in [1.29, 1.82) is 0 Å². The van der Waals surface area contributed by atoms with E-state index in [4.69, 9.17) is 18.6 Å². The van der Waals surface area contributed by atoms with E-state index in [1.54, 1.807) is 12.1 Å². The Labute approximate surface area is 162 Å². The third kappa shape index (κ3) is 4.51. The van der Waals surface area contributed by atoms with E-state index in [1.807, 2.05) is 13.0 Å². The summed E-state index contributed by atoms with van der Waals surface area (Å²) in [5.74, 6) is -0.758. The van der Waals surface area contributed by atoms with Gasteiger partial charge in [-0.05, 0) is 24.1 Å². The Kier molecular flexibility index (Phi) is 6.30. The summed E-state index contributed by atoms with van der Waals surface area (Å²) in [4.78, 5) is 37.5. The monoisotopic (exact) mass is 389 g/mol. The first-order valence-electron chi connectivity index (χ1n) is 9.14. The van der Waals surface area contributed by atoms with E-state index >= 15 is 0 Å². The number of carbonyl (C=O) groups is 2. The van der Waals surface area contributed by atoms with Crippen LogP contribution in [0.25, 0.3) is 11.0 Å². The van der Waals surface area contributed by atoms with Gasteiger partial charge in [-0.25, -0.2) is 4.79 Å². The zero-order valence-electron chi connectivity index (χ0n) is 15.9. The van der Waals surface area contributed by atoms with Crippen molar-refractivity contribution in [1.82, 2.24) is 4.90 Å². The number of aryl methyl sites for hydroxylation is 1. The molecular weight excluding hydrogens is 366 g/mol. The second-order valence-electron chi connectivity index (χ2n) is 6.53. The Morgan fingerprint density at radius 3 is 2.86 bits per heavy atom. The topological polar surface area (TPSA) is 95.3 Å². The normalized spacial score (nSPS) is 17.2. The number of fused-ring (bicyclic) bond motifs is 1. The van der Waals surface area contributed by atoms with E-state index in [2.05, 4.69) is 0 Å². The second-order valence-corrected chi connectivity index (χ2v) is 6.53. The number of nitrogens with zero attached hydrogens (tertiary/aromatic N) is 1. The first kappa shape index (κ1) is 19.9. The predicted molar refractivity (Wildman–Crippen MR) is 100 cm³/mol. The van der Waals surface area contributed by atoms with Crippen molar-refractivity contribution >= 4 is 22.8 Å². The van der Waals surface area contributed by atoms with Gasteiger partial charge in [-0.1, -0.05) is 6.92 Å². The summed E-state index contributed by atoms with van der Waals surface area (Å²) >= 11 is 0. The predicted octanol–water partition coefficient (Wildman–Crippen LogP) is 1.38. The van der Waals surface area contributed by atoms with E-state index in [-0.39, 0.29) is 25.7 Å². The standard InChI is InChI=1S/C20H23NO7/c1-3-13-8-19(23)28-17-9-15(4-5-16(13)17)27-12-18(22)21-6-7-26-11-14(10-21)20(24)25-2/h4-5,8-9,14H,3,6-7,10-12H2,1-2H3. The number of rotatable bonds is 5. The molecule has 1 aliphatic rings. The number of hydrogen-bond donors (Lipinski definition) is 0. The average Bonchev–Trinajstić information content (AvgIpc) is 2.96. The van der Waals surface area contributed by atoms with E-state index in [9.17, 15) is 14.4 Å². The van der Waals surface area contributed by atoms with Crippen molar-refractivity contribution in [3.05, 3.63) is 40.2 Å². The number of hydrogen-bond acceptors (Lipinski definition) is 7. The first-order valence-corrected chi connectivity index (χ1v) is 9.14. The fourth-order valence-corrected chi connectivity index (χ4v) is 3.18. The van der Waals surface area contributed by atoms with Gasteiger partial charge in [0.2, 0.25) is 0 Å². The molecule has 1 atom stereocenters. The summed E-state index contributed by atoms with van der Waals surface area (Å²) in [5.41, 5.74) is 0.895. The lowest BCUT2D eigenvalue weighted by Crippen LogP contribution is -2.40. The molecule has 2 aromatic rings. The molecule has 1 aromatic carbocycles. The third-order valence-electron chi connectivity index (χ3n) is 4.70. The Hall–Kier alpha value is -2.87. The highest BCUT2D eigenvalue weighted by Gasteiger charge is 2.28. The molecule has 1 aliphatic heterocycles. The summed E-state index contributed by atoms with van der Waals surface area (Å²) in [7, 11) is 1.31. The Balaban J connectivity index is 1.68. The molecule has 1 saturated heterocycles. The van der Waals surface area contributed by atoms with Crippen LogP contribution in [0, 0.1) is 5.92 Å². The van der Waals surface area contributed by atoms with E-state index < -0.39 is 17.5 Å². The summed E-state index contributed by atoms with van der Waals surface area (Å²) in [6.07, 6.45) is 0.708. The maximum atomic E-state index is 12.5. The minimum Gasteiger partial charge on any atom is -0.484 e. The van der Waals surface area contributed by atoms with Crippen LogP contribution in [0.1, 0.15) is 12.5 Å². The number of esters is 1. The van der Waals surface area contributed by atoms with Crippen LogP contribution in [0.15, 0.2) is 33.5 Å². The molecule has 0 bridgehead atoms. The van der Waals surface area contributed by atoms with E-state index in [1.165, 1.54) is 18.1 Å². The lowest BCUT2D eigenvalue weighted by molar-refractivity contribution is -0.148. The molecule has 0 spiro atoms. The molecule has 28 heavy (non-hydrogen) atoms. The summed E-state index contributed by atoms with van der Waals surface area (Å²) in [6.45, 7) is 2.94. The maximum absolute atomic E-state index is 12.5. The lowest BCUT2D eigenvalue weighted by Gasteiger charge is -2.22. The maximum Gasteiger partial charge on any atom is 0.336 e. The van der Waals surface area contributed by atoms with Crippen molar-refractivity contribution < 1.29 is 28.2 Å². The molecular formula is C20H23NO7. The highest BCUT2D eigenvalue weighted by molar-refractivity contribution is 5.82. The lowest BCUT2D eigenvalue weighted by atomic mass is 10.1. The highest BCUT2D eigenvalue weighted by atomic mass is 16.5. The van der Waals surface area contributed by atoms with Gasteiger partial charge in [-0.3, -0.25) is 9.59 Å². The van der Waals surface area contributed by atoms with Gasteiger partial charge in [0, 0.05) is 30.6 Å². The van der Waals surface area contributed by atoms with Crippen LogP contribution in [0.2, 0.25) is 0 Å². The molecule has 8 heteroatoms. The van der Waals surface area contributed by atoms with Crippen molar-refractivity contribution in [2.24, 2.45) is 5.92 Å². The first-order chi connectivity index (χ1) is 13.5. The van der Waals surface area contributed by atoms with Gasteiger partial charge in [-0.2, -0.15) is 0 Å². The van der Waals surface area contributed by atoms with Crippen LogP contribution in [-0.4, -0.2) is 56.8 Å². The van der Waals surface area contributed by atoms with Crippen LogP contribution in [0.4, 0.5) is 0 Å². The van der Waals surface area contributed by atoms with Gasteiger partial charge in [0.05, 0.1) is 26.2 Å². The zero-order chi connectivity index (χ0) is 20.1. The zero-order valence-corrected chi connectivity index (χ0v) is 15.9. The molecule has 0 radical (unpaired) electrons. The van der Waals surface area contributed by atoms with Gasteiger partial charge in [0.15, 0.2) is 6.61 Å². The largest absolute Gasteiger partial charge is 0.484 e. The van der Waals surface area contributed by atoms with E-state index in [0.29, 0.717) is 30.9 Å². The Morgan fingerprint density at radius 1 is 1.29 bits per heavy atom. The van der Waals surface area contributed by atoms with Crippen molar-refractivity contribution in [2.75, 3.05) is 40.0 Å². The van der Waals surface area contributed by atoms with Gasteiger partial charge in [-0.15, -0.1) is 0 Å². The minimum absolute atomic E-state index is 0.197. The van der Waals surface area contributed by atoms with Crippen molar-refractivity contribution in [2.45, 2.75) is 13.3 Å². The van der Waals surface area contributed by atoms with Crippen molar-refractivity contribution in [3.63, 3.8) is 0 Å². The number of carbonyl (C=O) groups excluding carboxylic acids is 2. The molecule has 8 nitrogen and oxygen atoms in total. The molecule has 0 N–H and O–H groups in total. The number of amides is 1. The SMILES string of the molecule is CCc1cc(=O)oc2cc(OCC(=O)N3CCOCC(C(=O)OC)C3)ccc12. The fourth-order valence-electron chi connectivity index (χ4n) is 3.18. The van der Waals surface area contributed by atoms with Crippen LogP contribution in [-0.2, 0) is 25.5 Å². The van der Waals surface area contributed by atoms with Crippen LogP contribution in [0.3, 0.4) is 0 Å². The van der Waals surface area contributed by atoms with Gasteiger partial charge in [0.1, 0.15) is 11.3 Å². The molecule has 0 saturated carbocycles. The van der Waals surface area contributed by atoms with Crippen LogP contribution >= 0.6 is 0 Å². The molecule has 0 aliphatic carbocycles. The van der Waals surface area contributed by atoms with E-state index in [0.717, 1.165) is 10.9 Å². The van der Waals surface area contributed by atoms with Gasteiger partial charge in [0.25, 0.3) is 5.91 Å². The van der Waals surface area contributed by atoms with Crippen LogP contribution in [0.5, 0.6) is 5.75 Å². The van der Waals surface area contributed by atoms with Gasteiger partial charge < -0.3 is 23.5 Å². The molecule has 3 rings (SSSR count). The molecule has 2 heterocycles. The highest BCUT2D eigenvalue weighted by Crippen LogP contribution is 2.23. The molecule has 150 valence electrons. The summed E-state index contributed by atoms with van der Waals surface area (Å²) < 4.78 is 21.0. The Bertz CT molecular complexity index is 920. The third-order valence-corrected chi connectivity index (χ3v) is 4.70. The minimum atomic E-state index is -0.515. The smallest absolute Gasteiger partial charge is 0.336 e. The number of methoxy groups -OCH3 is 1. The quantitative estimate of drug-likeness (QED) is 0.563. The fraction of sp³-hybridized carbons (Fsp3) is 0.450. The Morgan fingerprint density at radius 2 is 2.11 bits per heavy atom. The molecule has 1 amide bonds. The number of benzene rings is 1. The average molecular weight is 389 g/mol. The summed E-state index contributed by atoms with van der Waals surface area (Å²) in [5, 5.41) is 0.839. The van der Waals surface area contributed by atoms with Crippen molar-refractivity contribution in [3.8, 4) is 5.75 Å². The second kappa shape index (κ2) is 8.88. The molecule has 1 aromatic heterocycles. The van der Waals surface area contributed by atoms with Gasteiger partial charge >= 0.3 is 11.6 Å². The van der Waals surface area contributed by atoms with Crippen LogP contribution < -0.4 is 10.4 Å². The molecule has 1 fully saturated rings. The molecule has 1 unspecified atom stereocenters. The number of ether oxygens (including phenoxy) is 3. The summed E-state index contributed by atoms with van der Waals surface area (Å²) in [6, 6.07) is 6.62.